The topological polar surface area (TPSA) is 79.1 Å². The van der Waals surface area contributed by atoms with Crippen LogP contribution in [0.1, 0.15) is 23.1 Å². The van der Waals surface area contributed by atoms with Gasteiger partial charge in [-0.15, -0.1) is 5.10 Å². The van der Waals surface area contributed by atoms with E-state index in [1.54, 1.807) is 25.2 Å². The highest BCUT2D eigenvalue weighted by molar-refractivity contribution is 5.76. The summed E-state index contributed by atoms with van der Waals surface area (Å²) >= 11 is 0. The van der Waals surface area contributed by atoms with Gasteiger partial charge in [-0.2, -0.15) is 0 Å². The average molecular weight is 262 g/mol. The van der Waals surface area contributed by atoms with Crippen LogP contribution in [0, 0.1) is 0 Å². The number of nitrogens with zero attached hydrogens (tertiary/aromatic N) is 4. The fourth-order valence-corrected chi connectivity index (χ4v) is 1.50. The van der Waals surface area contributed by atoms with Crippen LogP contribution in [0.3, 0.4) is 0 Å². The van der Waals surface area contributed by atoms with E-state index < -0.39 is 0 Å². The average Bonchev–Trinajstić information content (AvgIpc) is 2.83. The summed E-state index contributed by atoms with van der Waals surface area (Å²) in [6.45, 7) is 2.58. The predicted molar refractivity (Wildman–Crippen MR) is 66.1 cm³/mol. The monoisotopic (exact) mass is 262 g/mol. The van der Waals surface area contributed by atoms with Gasteiger partial charge in [-0.1, -0.05) is 0 Å². The van der Waals surface area contributed by atoms with E-state index in [0.717, 1.165) is 6.29 Å². The largest absolute Gasteiger partial charge is 0.490 e. The first-order chi connectivity index (χ1) is 9.24. The van der Waals surface area contributed by atoms with Crippen molar-refractivity contribution in [3.8, 4) is 11.5 Å². The number of ether oxygens (including phenoxy) is 2. The Morgan fingerprint density at radius 1 is 1.32 bits per heavy atom. The maximum atomic E-state index is 10.7. The summed E-state index contributed by atoms with van der Waals surface area (Å²) in [5.74, 6) is 1.68. The van der Waals surface area contributed by atoms with Gasteiger partial charge >= 0.3 is 0 Å². The molecular formula is C12H14N4O3. The molecule has 0 aliphatic rings. The summed E-state index contributed by atoms with van der Waals surface area (Å²) in [6, 6.07) is 5.00. The summed E-state index contributed by atoms with van der Waals surface area (Å²) in [5.41, 5.74) is 0.538. The summed E-state index contributed by atoms with van der Waals surface area (Å²) in [6.07, 6.45) is 0.763. The fourth-order valence-electron chi connectivity index (χ4n) is 1.50. The molecule has 7 heteroatoms. The Morgan fingerprint density at radius 2 is 2.16 bits per heavy atom. The minimum absolute atomic E-state index is 0.226. The lowest BCUT2D eigenvalue weighted by Crippen LogP contribution is -2.05. The van der Waals surface area contributed by atoms with Crippen LogP contribution in [-0.4, -0.2) is 33.1 Å². The second kappa shape index (κ2) is 5.94. The lowest BCUT2D eigenvalue weighted by atomic mass is 10.2. The van der Waals surface area contributed by atoms with Crippen LogP contribution < -0.4 is 9.47 Å². The third-order valence-corrected chi connectivity index (χ3v) is 2.47. The third kappa shape index (κ3) is 3.06. The first-order valence-corrected chi connectivity index (χ1v) is 5.80. The maximum absolute atomic E-state index is 10.7. The Labute approximate surface area is 110 Å². The quantitative estimate of drug-likeness (QED) is 0.722. The zero-order valence-electron chi connectivity index (χ0n) is 10.7. The minimum atomic E-state index is 0.226. The molecule has 2 aromatic rings. The van der Waals surface area contributed by atoms with Gasteiger partial charge in [0.1, 0.15) is 12.9 Å². The number of tetrazole rings is 1. The molecule has 7 nitrogen and oxygen atoms in total. The van der Waals surface area contributed by atoms with Crippen LogP contribution >= 0.6 is 0 Å². The van der Waals surface area contributed by atoms with Gasteiger partial charge in [-0.25, -0.2) is 4.68 Å². The first kappa shape index (κ1) is 13.0. The number of benzene rings is 1. The van der Waals surface area contributed by atoms with Gasteiger partial charge in [0, 0.05) is 12.6 Å². The zero-order valence-corrected chi connectivity index (χ0v) is 10.7. The van der Waals surface area contributed by atoms with E-state index in [-0.39, 0.29) is 6.61 Å². The molecular weight excluding hydrogens is 248 g/mol. The maximum Gasteiger partial charge on any atom is 0.188 e. The molecule has 0 aliphatic carbocycles. The van der Waals surface area contributed by atoms with Crippen molar-refractivity contribution in [2.24, 2.45) is 7.05 Å². The molecule has 0 spiro atoms. The predicted octanol–water partition coefficient (Wildman–Crippen LogP) is 1.00. The number of hydrogen-bond donors (Lipinski definition) is 0. The molecule has 2 rings (SSSR count). The van der Waals surface area contributed by atoms with Gasteiger partial charge in [-0.05, 0) is 35.5 Å². The van der Waals surface area contributed by atoms with E-state index in [9.17, 15) is 4.79 Å². The summed E-state index contributed by atoms with van der Waals surface area (Å²) in [4.78, 5) is 10.7. The Morgan fingerprint density at radius 3 is 2.79 bits per heavy atom. The van der Waals surface area contributed by atoms with Gasteiger partial charge in [0.15, 0.2) is 17.3 Å². The van der Waals surface area contributed by atoms with Crippen molar-refractivity contribution in [1.29, 1.82) is 0 Å². The molecule has 1 aromatic heterocycles. The highest BCUT2D eigenvalue weighted by Crippen LogP contribution is 2.28. The number of hydrogen-bond acceptors (Lipinski definition) is 6. The van der Waals surface area contributed by atoms with E-state index >= 15 is 0 Å². The van der Waals surface area contributed by atoms with E-state index in [1.807, 2.05) is 6.92 Å². The van der Waals surface area contributed by atoms with E-state index in [4.69, 9.17) is 9.47 Å². The summed E-state index contributed by atoms with van der Waals surface area (Å²) in [5, 5.41) is 11.1. The highest BCUT2D eigenvalue weighted by Gasteiger charge is 2.09. The van der Waals surface area contributed by atoms with Crippen LogP contribution in [0.5, 0.6) is 11.5 Å². The Balaban J connectivity index is 2.14. The van der Waals surface area contributed by atoms with E-state index in [1.165, 1.54) is 4.68 Å². The van der Waals surface area contributed by atoms with Crippen molar-refractivity contribution in [1.82, 2.24) is 20.2 Å². The molecule has 100 valence electrons. The van der Waals surface area contributed by atoms with Crippen LogP contribution in [0.15, 0.2) is 18.2 Å². The van der Waals surface area contributed by atoms with Gasteiger partial charge in [0.2, 0.25) is 0 Å². The lowest BCUT2D eigenvalue weighted by molar-refractivity contribution is 0.112. The lowest BCUT2D eigenvalue weighted by Gasteiger charge is -2.11. The molecule has 1 heterocycles. The number of rotatable bonds is 6. The molecule has 0 bridgehead atoms. The molecule has 0 atom stereocenters. The first-order valence-electron chi connectivity index (χ1n) is 5.80. The van der Waals surface area contributed by atoms with Gasteiger partial charge in [0.25, 0.3) is 0 Å². The van der Waals surface area contributed by atoms with Crippen LogP contribution in [0.2, 0.25) is 0 Å². The smallest absolute Gasteiger partial charge is 0.188 e. The number of aldehydes is 1. The number of aromatic nitrogens is 4. The standard InChI is InChI=1S/C12H14N4O3/c1-3-18-11-6-9(7-17)4-5-10(11)19-8-12-13-14-15-16(12)2/h4-7H,3,8H2,1-2H3. The molecule has 0 fully saturated rings. The second-order valence-electron chi connectivity index (χ2n) is 3.76. The molecule has 0 saturated heterocycles. The highest BCUT2D eigenvalue weighted by atomic mass is 16.5. The second-order valence-corrected chi connectivity index (χ2v) is 3.76. The molecule has 0 amide bonds. The molecule has 0 saturated carbocycles. The van der Waals surface area contributed by atoms with Crippen molar-refractivity contribution in [3.05, 3.63) is 29.6 Å². The van der Waals surface area contributed by atoms with Gasteiger partial charge in [0.05, 0.1) is 6.61 Å². The number of aryl methyl sites for hydroxylation is 1. The summed E-state index contributed by atoms with van der Waals surface area (Å²) < 4.78 is 12.6. The molecule has 0 N–H and O–H groups in total. The minimum Gasteiger partial charge on any atom is -0.490 e. The third-order valence-electron chi connectivity index (χ3n) is 2.47. The van der Waals surface area contributed by atoms with E-state index in [2.05, 4.69) is 15.5 Å². The van der Waals surface area contributed by atoms with Crippen molar-refractivity contribution in [2.75, 3.05) is 6.61 Å². The number of carbonyl (C=O) groups excluding carboxylic acids is 1. The molecule has 0 radical (unpaired) electrons. The normalized spacial score (nSPS) is 10.2. The van der Waals surface area contributed by atoms with Crippen molar-refractivity contribution in [3.63, 3.8) is 0 Å². The summed E-state index contributed by atoms with van der Waals surface area (Å²) in [7, 11) is 1.73. The zero-order chi connectivity index (χ0) is 13.7. The van der Waals surface area contributed by atoms with Crippen molar-refractivity contribution in [2.45, 2.75) is 13.5 Å². The van der Waals surface area contributed by atoms with Crippen LogP contribution in [0.25, 0.3) is 0 Å². The molecule has 19 heavy (non-hydrogen) atoms. The van der Waals surface area contributed by atoms with Crippen molar-refractivity contribution >= 4 is 6.29 Å². The SMILES string of the molecule is CCOc1cc(C=O)ccc1OCc1nnnn1C. The Kier molecular flexibility index (Phi) is 4.07. The Hall–Kier alpha value is -2.44. The van der Waals surface area contributed by atoms with E-state index in [0.29, 0.717) is 29.5 Å². The Bertz CT molecular complexity index is 568. The molecule has 1 aromatic carbocycles. The van der Waals surface area contributed by atoms with Crippen LogP contribution in [0.4, 0.5) is 0 Å². The fraction of sp³-hybridized carbons (Fsp3) is 0.333. The van der Waals surface area contributed by atoms with Gasteiger partial charge in [-0.3, -0.25) is 4.79 Å². The van der Waals surface area contributed by atoms with Crippen molar-refractivity contribution < 1.29 is 14.3 Å². The molecule has 0 unspecified atom stereocenters. The van der Waals surface area contributed by atoms with Crippen LogP contribution in [-0.2, 0) is 13.7 Å². The van der Waals surface area contributed by atoms with Gasteiger partial charge < -0.3 is 9.47 Å². The number of carbonyl (C=O) groups is 1. The molecule has 0 aliphatic heterocycles.